The fourth-order valence-electron chi connectivity index (χ4n) is 4.09. The van der Waals surface area contributed by atoms with Crippen molar-refractivity contribution in [1.29, 1.82) is 0 Å². The number of amides is 1. The number of likely N-dealkylation sites (tertiary alicyclic amines) is 1. The minimum atomic E-state index is 0.0685. The molecule has 26 heavy (non-hydrogen) atoms. The molecule has 1 aromatic carbocycles. The summed E-state index contributed by atoms with van der Waals surface area (Å²) in [6, 6.07) is 10.4. The van der Waals surface area contributed by atoms with Crippen LogP contribution in [-0.2, 0) is 4.79 Å². The van der Waals surface area contributed by atoms with Crippen molar-refractivity contribution < 1.29 is 9.32 Å². The SMILES string of the molecule is Cc1noc(C2CN(C(=O)CSC3CCCC3)CC2c2ccccc2)n1. The first-order valence-electron chi connectivity index (χ1n) is 9.45. The molecule has 2 atom stereocenters. The van der Waals surface area contributed by atoms with Gasteiger partial charge in [0.15, 0.2) is 5.82 Å². The first-order chi connectivity index (χ1) is 12.7. The van der Waals surface area contributed by atoms with Gasteiger partial charge >= 0.3 is 0 Å². The molecule has 0 bridgehead atoms. The number of nitrogens with zero attached hydrogens (tertiary/aromatic N) is 3. The summed E-state index contributed by atoms with van der Waals surface area (Å²) in [4.78, 5) is 19.2. The second kappa shape index (κ2) is 7.82. The van der Waals surface area contributed by atoms with Crippen LogP contribution in [0.2, 0.25) is 0 Å². The van der Waals surface area contributed by atoms with Crippen molar-refractivity contribution in [3.05, 3.63) is 47.6 Å². The molecule has 2 aliphatic rings. The van der Waals surface area contributed by atoms with Gasteiger partial charge in [-0.3, -0.25) is 4.79 Å². The van der Waals surface area contributed by atoms with Crippen LogP contribution >= 0.6 is 11.8 Å². The van der Waals surface area contributed by atoms with Gasteiger partial charge in [-0.05, 0) is 25.3 Å². The smallest absolute Gasteiger partial charge is 0.232 e. The maximum absolute atomic E-state index is 12.8. The Bertz CT molecular complexity index is 743. The lowest BCUT2D eigenvalue weighted by Gasteiger charge is -2.17. The monoisotopic (exact) mass is 371 g/mol. The molecule has 0 spiro atoms. The standard InChI is InChI=1S/C20H25N3O2S/c1-14-21-20(25-22-14)18-12-23(11-17(18)15-7-3-2-4-8-15)19(24)13-26-16-9-5-6-10-16/h2-4,7-8,16-18H,5-6,9-13H2,1H3. The second-order valence-electron chi connectivity index (χ2n) is 7.32. The summed E-state index contributed by atoms with van der Waals surface area (Å²) < 4.78 is 5.46. The number of hydrogen-bond donors (Lipinski definition) is 0. The fraction of sp³-hybridized carbons (Fsp3) is 0.550. The molecule has 0 radical (unpaired) electrons. The molecule has 1 amide bonds. The number of rotatable bonds is 5. The van der Waals surface area contributed by atoms with Gasteiger partial charge in [-0.1, -0.05) is 48.3 Å². The summed E-state index contributed by atoms with van der Waals surface area (Å²) in [5, 5.41) is 4.62. The molecule has 2 aromatic rings. The Labute approximate surface area is 158 Å². The van der Waals surface area contributed by atoms with Crippen molar-refractivity contribution in [3.63, 3.8) is 0 Å². The molecular weight excluding hydrogens is 346 g/mol. The molecule has 2 unspecified atom stereocenters. The van der Waals surface area contributed by atoms with Gasteiger partial charge in [-0.25, -0.2) is 0 Å². The van der Waals surface area contributed by atoms with Crippen LogP contribution in [-0.4, -0.2) is 45.0 Å². The Morgan fingerprint density at radius 2 is 1.92 bits per heavy atom. The summed E-state index contributed by atoms with van der Waals surface area (Å²) in [5.41, 5.74) is 1.23. The quantitative estimate of drug-likeness (QED) is 0.801. The van der Waals surface area contributed by atoms with E-state index in [9.17, 15) is 4.79 Å². The predicted molar refractivity (Wildman–Crippen MR) is 102 cm³/mol. The molecular formula is C20H25N3O2S. The summed E-state index contributed by atoms with van der Waals surface area (Å²) in [5.74, 6) is 2.39. The zero-order chi connectivity index (χ0) is 17.9. The number of thioether (sulfide) groups is 1. The van der Waals surface area contributed by atoms with Gasteiger partial charge < -0.3 is 9.42 Å². The van der Waals surface area contributed by atoms with Crippen LogP contribution in [0.3, 0.4) is 0 Å². The summed E-state index contributed by atoms with van der Waals surface area (Å²) in [7, 11) is 0. The molecule has 1 aromatic heterocycles. The highest BCUT2D eigenvalue weighted by atomic mass is 32.2. The van der Waals surface area contributed by atoms with Crippen LogP contribution in [0.15, 0.2) is 34.9 Å². The maximum atomic E-state index is 12.8. The fourth-order valence-corrected chi connectivity index (χ4v) is 5.32. The number of hydrogen-bond acceptors (Lipinski definition) is 5. The number of aryl methyl sites for hydroxylation is 1. The van der Waals surface area contributed by atoms with Gasteiger partial charge in [-0.2, -0.15) is 4.98 Å². The Balaban J connectivity index is 1.48. The van der Waals surface area contributed by atoms with Gasteiger partial charge in [0.05, 0.1) is 11.7 Å². The van der Waals surface area contributed by atoms with E-state index in [1.54, 1.807) is 0 Å². The third-order valence-corrected chi connectivity index (χ3v) is 6.86. The van der Waals surface area contributed by atoms with Crippen molar-refractivity contribution >= 4 is 17.7 Å². The van der Waals surface area contributed by atoms with Crippen molar-refractivity contribution in [3.8, 4) is 0 Å². The Morgan fingerprint density at radius 1 is 1.19 bits per heavy atom. The van der Waals surface area contributed by atoms with Crippen molar-refractivity contribution in [2.24, 2.45) is 0 Å². The molecule has 1 saturated carbocycles. The van der Waals surface area contributed by atoms with Gasteiger partial charge in [-0.15, -0.1) is 11.8 Å². The highest BCUT2D eigenvalue weighted by Crippen LogP contribution is 2.39. The minimum absolute atomic E-state index is 0.0685. The van der Waals surface area contributed by atoms with E-state index >= 15 is 0 Å². The zero-order valence-electron chi connectivity index (χ0n) is 15.1. The third kappa shape index (κ3) is 3.80. The lowest BCUT2D eigenvalue weighted by molar-refractivity contribution is -0.127. The number of benzene rings is 1. The van der Waals surface area contributed by atoms with E-state index in [0.717, 1.165) is 6.54 Å². The molecule has 1 saturated heterocycles. The van der Waals surface area contributed by atoms with Gasteiger partial charge in [0, 0.05) is 24.3 Å². The van der Waals surface area contributed by atoms with E-state index in [0.29, 0.717) is 29.3 Å². The molecule has 0 N–H and O–H groups in total. The summed E-state index contributed by atoms with van der Waals surface area (Å²) in [6.45, 7) is 3.21. The van der Waals surface area contributed by atoms with E-state index in [1.165, 1.54) is 31.2 Å². The summed E-state index contributed by atoms with van der Waals surface area (Å²) in [6.07, 6.45) is 5.14. The number of carbonyl (C=O) groups excluding carboxylic acids is 1. The van der Waals surface area contributed by atoms with Gasteiger partial charge in [0.2, 0.25) is 11.8 Å². The van der Waals surface area contributed by atoms with Gasteiger partial charge in [0.25, 0.3) is 0 Å². The normalized spacial score (nSPS) is 23.7. The van der Waals surface area contributed by atoms with E-state index in [1.807, 2.05) is 41.8 Å². The zero-order valence-corrected chi connectivity index (χ0v) is 16.0. The highest BCUT2D eigenvalue weighted by molar-refractivity contribution is 8.00. The van der Waals surface area contributed by atoms with Crippen LogP contribution in [0, 0.1) is 6.92 Å². The predicted octanol–water partition coefficient (Wildman–Crippen LogP) is 3.76. The Kier molecular flexibility index (Phi) is 5.29. The van der Waals surface area contributed by atoms with Crippen molar-refractivity contribution in [2.45, 2.75) is 49.7 Å². The van der Waals surface area contributed by atoms with E-state index < -0.39 is 0 Å². The van der Waals surface area contributed by atoms with Crippen LogP contribution in [0.5, 0.6) is 0 Å². The van der Waals surface area contributed by atoms with Crippen molar-refractivity contribution in [1.82, 2.24) is 15.0 Å². The van der Waals surface area contributed by atoms with Crippen LogP contribution in [0.25, 0.3) is 0 Å². The Hall–Kier alpha value is -1.82. The van der Waals surface area contributed by atoms with Crippen LogP contribution in [0.4, 0.5) is 0 Å². The molecule has 1 aliphatic heterocycles. The Morgan fingerprint density at radius 3 is 2.62 bits per heavy atom. The average molecular weight is 372 g/mol. The molecule has 4 rings (SSSR count). The van der Waals surface area contributed by atoms with E-state index in [-0.39, 0.29) is 17.7 Å². The minimum Gasteiger partial charge on any atom is -0.341 e. The average Bonchev–Trinajstić information content (AvgIpc) is 3.40. The maximum Gasteiger partial charge on any atom is 0.232 e. The number of carbonyl (C=O) groups is 1. The molecule has 138 valence electrons. The molecule has 2 heterocycles. The first kappa shape index (κ1) is 17.6. The molecule has 1 aliphatic carbocycles. The lowest BCUT2D eigenvalue weighted by Crippen LogP contribution is -2.30. The second-order valence-corrected chi connectivity index (χ2v) is 8.61. The topological polar surface area (TPSA) is 59.2 Å². The van der Waals surface area contributed by atoms with Gasteiger partial charge in [0.1, 0.15) is 0 Å². The molecule has 5 nitrogen and oxygen atoms in total. The van der Waals surface area contributed by atoms with Crippen LogP contribution in [0.1, 0.15) is 54.8 Å². The van der Waals surface area contributed by atoms with E-state index in [4.69, 9.17) is 4.52 Å². The van der Waals surface area contributed by atoms with Crippen molar-refractivity contribution in [2.75, 3.05) is 18.8 Å². The number of aromatic nitrogens is 2. The largest absolute Gasteiger partial charge is 0.341 e. The molecule has 2 fully saturated rings. The third-order valence-electron chi connectivity index (χ3n) is 5.51. The summed E-state index contributed by atoms with van der Waals surface area (Å²) >= 11 is 1.83. The lowest BCUT2D eigenvalue weighted by atomic mass is 9.89. The van der Waals surface area contributed by atoms with Crippen LogP contribution < -0.4 is 0 Å². The first-order valence-corrected chi connectivity index (χ1v) is 10.5. The highest BCUT2D eigenvalue weighted by Gasteiger charge is 2.40. The molecule has 6 heteroatoms. The van der Waals surface area contributed by atoms with E-state index in [2.05, 4.69) is 22.3 Å².